The van der Waals surface area contributed by atoms with Gasteiger partial charge in [0.2, 0.25) is 0 Å². The van der Waals surface area contributed by atoms with Gasteiger partial charge >= 0.3 is 0 Å². The monoisotopic (exact) mass is 197 g/mol. The van der Waals surface area contributed by atoms with Crippen molar-refractivity contribution in [1.82, 2.24) is 10.3 Å². The van der Waals surface area contributed by atoms with E-state index in [4.69, 9.17) is 5.21 Å². The van der Waals surface area contributed by atoms with Crippen molar-refractivity contribution in [3.05, 3.63) is 23.5 Å². The minimum atomic E-state index is -0.218. The van der Waals surface area contributed by atoms with Gasteiger partial charge in [-0.3, -0.25) is 5.21 Å². The zero-order valence-electron chi connectivity index (χ0n) is 7.90. The van der Waals surface area contributed by atoms with Gasteiger partial charge in [0.15, 0.2) is 0 Å². The van der Waals surface area contributed by atoms with Crippen molar-refractivity contribution in [2.45, 2.75) is 0 Å². The van der Waals surface area contributed by atoms with Crippen LogP contribution in [0.2, 0.25) is 0 Å². The van der Waals surface area contributed by atoms with Gasteiger partial charge in [0.05, 0.1) is 11.9 Å². The van der Waals surface area contributed by atoms with E-state index in [1.165, 1.54) is 12.3 Å². The van der Waals surface area contributed by atoms with E-state index in [2.05, 4.69) is 15.6 Å². The highest BCUT2D eigenvalue weighted by molar-refractivity contribution is 5.47. The summed E-state index contributed by atoms with van der Waals surface area (Å²) >= 11 is 0. The first kappa shape index (κ1) is 10.7. The zero-order chi connectivity index (χ0) is 10.4. The Morgan fingerprint density at radius 3 is 2.79 bits per heavy atom. The number of hydrogen-bond donors (Lipinski definition) is 3. The van der Waals surface area contributed by atoms with Crippen LogP contribution < -0.4 is 15.9 Å². The minimum Gasteiger partial charge on any atom is -0.733 e. The van der Waals surface area contributed by atoms with Crippen molar-refractivity contribution in [2.75, 3.05) is 30.7 Å². The molecular weight excluding hydrogens is 184 g/mol. The summed E-state index contributed by atoms with van der Waals surface area (Å²) in [6, 6.07) is 3.12. The Hall–Kier alpha value is -1.37. The molecule has 0 fully saturated rings. The molecule has 0 aliphatic carbocycles. The standard InChI is InChI=1S/C8H13N4O2/c1-9-4-5-10-8-3-2-7(6-11-8)12(13)14/h2-3,6,9,13H,4-5H2,1H3,(H,10,11)/q-1. The number of pyridine rings is 1. The van der Waals surface area contributed by atoms with Gasteiger partial charge in [-0.2, -0.15) is 0 Å². The molecule has 0 amide bonds. The minimum absolute atomic E-state index is 0.115. The molecule has 78 valence electrons. The first-order valence-corrected chi connectivity index (χ1v) is 4.24. The number of hydrogen-bond acceptors (Lipinski definition) is 6. The molecule has 3 N–H and O–H groups in total. The highest BCUT2D eigenvalue weighted by atomic mass is 16.8. The Kier molecular flexibility index (Phi) is 4.11. The number of rotatable bonds is 5. The van der Waals surface area contributed by atoms with E-state index >= 15 is 0 Å². The van der Waals surface area contributed by atoms with Gasteiger partial charge < -0.3 is 21.1 Å². The van der Waals surface area contributed by atoms with Crippen LogP contribution in [-0.4, -0.2) is 30.3 Å². The SMILES string of the molecule is CNCCNc1ccc(N([O-])O)cn1. The second kappa shape index (κ2) is 5.38. The van der Waals surface area contributed by atoms with Crippen LogP contribution >= 0.6 is 0 Å². The second-order valence-electron chi connectivity index (χ2n) is 2.70. The molecule has 0 unspecified atom stereocenters. The number of aromatic nitrogens is 1. The average Bonchev–Trinajstić information content (AvgIpc) is 2.19. The van der Waals surface area contributed by atoms with Crippen molar-refractivity contribution in [1.29, 1.82) is 0 Å². The summed E-state index contributed by atoms with van der Waals surface area (Å²) in [5, 5.41) is 24.8. The van der Waals surface area contributed by atoms with E-state index < -0.39 is 0 Å². The van der Waals surface area contributed by atoms with Crippen LogP contribution in [0, 0.1) is 5.21 Å². The van der Waals surface area contributed by atoms with Crippen LogP contribution in [0.15, 0.2) is 18.3 Å². The number of likely N-dealkylation sites (N-methyl/N-ethyl adjacent to an activating group) is 1. The molecule has 0 atom stereocenters. The molecule has 0 spiro atoms. The van der Waals surface area contributed by atoms with Gasteiger partial charge in [-0.15, -0.1) is 0 Å². The number of nitrogens with one attached hydrogen (secondary N) is 2. The Morgan fingerprint density at radius 2 is 2.29 bits per heavy atom. The smallest absolute Gasteiger partial charge is 0.126 e. The van der Waals surface area contributed by atoms with Crippen molar-refractivity contribution >= 4 is 11.5 Å². The van der Waals surface area contributed by atoms with Gasteiger partial charge in [-0.1, -0.05) is 0 Å². The molecule has 0 saturated carbocycles. The molecule has 0 aromatic carbocycles. The lowest BCUT2D eigenvalue weighted by atomic mass is 10.4. The summed E-state index contributed by atoms with van der Waals surface area (Å²) < 4.78 is 0. The molecule has 6 heteroatoms. The molecule has 1 aromatic rings. The van der Waals surface area contributed by atoms with E-state index in [1.54, 1.807) is 6.07 Å². The Bertz CT molecular complexity index is 263. The summed E-state index contributed by atoms with van der Waals surface area (Å²) in [6.45, 7) is 1.58. The Balaban J connectivity index is 2.47. The summed E-state index contributed by atoms with van der Waals surface area (Å²) in [7, 11) is 1.86. The van der Waals surface area contributed by atoms with Crippen LogP contribution in [0.4, 0.5) is 11.5 Å². The lowest BCUT2D eigenvalue weighted by molar-refractivity contribution is 0.296. The van der Waals surface area contributed by atoms with Crippen LogP contribution in [0.3, 0.4) is 0 Å². The van der Waals surface area contributed by atoms with Crippen molar-refractivity contribution in [3.8, 4) is 0 Å². The first-order chi connectivity index (χ1) is 6.74. The summed E-state index contributed by atoms with van der Waals surface area (Å²) in [5.41, 5.74) is 0.115. The van der Waals surface area contributed by atoms with Crippen molar-refractivity contribution in [2.24, 2.45) is 0 Å². The quantitative estimate of drug-likeness (QED) is 0.468. The van der Waals surface area contributed by atoms with Gasteiger partial charge in [0.25, 0.3) is 0 Å². The van der Waals surface area contributed by atoms with Crippen LogP contribution in [0.5, 0.6) is 0 Å². The van der Waals surface area contributed by atoms with Crippen molar-refractivity contribution in [3.63, 3.8) is 0 Å². The summed E-state index contributed by atoms with van der Waals surface area (Å²) in [4.78, 5) is 3.93. The maximum absolute atomic E-state index is 10.4. The molecule has 6 nitrogen and oxygen atoms in total. The lowest BCUT2D eigenvalue weighted by Crippen LogP contribution is -2.18. The van der Waals surface area contributed by atoms with E-state index in [1.807, 2.05) is 7.05 Å². The largest absolute Gasteiger partial charge is 0.733 e. The van der Waals surface area contributed by atoms with Crippen LogP contribution in [-0.2, 0) is 0 Å². The molecule has 0 aliphatic heterocycles. The van der Waals surface area contributed by atoms with Gasteiger partial charge in [-0.25, -0.2) is 4.98 Å². The first-order valence-electron chi connectivity index (χ1n) is 4.24. The molecule has 0 saturated heterocycles. The molecule has 1 rings (SSSR count). The van der Waals surface area contributed by atoms with E-state index in [9.17, 15) is 5.21 Å². The van der Waals surface area contributed by atoms with Gasteiger partial charge in [0.1, 0.15) is 5.82 Å². The normalized spacial score (nSPS) is 9.93. The maximum atomic E-state index is 10.4. The van der Waals surface area contributed by atoms with Crippen LogP contribution in [0.1, 0.15) is 0 Å². The van der Waals surface area contributed by atoms with E-state index in [-0.39, 0.29) is 10.9 Å². The Morgan fingerprint density at radius 1 is 1.50 bits per heavy atom. The third kappa shape index (κ3) is 3.17. The highest BCUT2D eigenvalue weighted by Gasteiger charge is 1.94. The van der Waals surface area contributed by atoms with Crippen molar-refractivity contribution < 1.29 is 5.21 Å². The Labute approximate surface area is 82.1 Å². The van der Waals surface area contributed by atoms with E-state index in [0.29, 0.717) is 5.82 Å². The van der Waals surface area contributed by atoms with Gasteiger partial charge in [0, 0.05) is 13.1 Å². The predicted octanol–water partition coefficient (Wildman–Crippen LogP) is 0.406. The number of nitrogens with zero attached hydrogens (tertiary/aromatic N) is 2. The number of anilines is 2. The van der Waals surface area contributed by atoms with Gasteiger partial charge in [-0.05, 0) is 19.2 Å². The fraction of sp³-hybridized carbons (Fsp3) is 0.375. The third-order valence-corrected chi connectivity index (χ3v) is 1.65. The maximum Gasteiger partial charge on any atom is 0.126 e. The fourth-order valence-corrected chi connectivity index (χ4v) is 0.919. The fourth-order valence-electron chi connectivity index (χ4n) is 0.919. The predicted molar refractivity (Wildman–Crippen MR) is 54.3 cm³/mol. The molecule has 0 bridgehead atoms. The topological polar surface area (TPSA) is 83.5 Å². The molecule has 14 heavy (non-hydrogen) atoms. The highest BCUT2D eigenvalue weighted by Crippen LogP contribution is 2.11. The molecule has 1 heterocycles. The molecular formula is C8H13N4O2-. The van der Waals surface area contributed by atoms with E-state index in [0.717, 1.165) is 13.1 Å². The zero-order valence-corrected chi connectivity index (χ0v) is 7.90. The summed E-state index contributed by atoms with van der Waals surface area (Å²) in [6.07, 6.45) is 1.30. The average molecular weight is 197 g/mol. The lowest BCUT2D eigenvalue weighted by Gasteiger charge is -2.20. The summed E-state index contributed by atoms with van der Waals surface area (Å²) in [5.74, 6) is 0.672. The van der Waals surface area contributed by atoms with Crippen LogP contribution in [0.25, 0.3) is 0 Å². The second-order valence-corrected chi connectivity index (χ2v) is 2.70. The molecule has 0 aliphatic rings. The molecule has 0 radical (unpaired) electrons. The third-order valence-electron chi connectivity index (χ3n) is 1.65. The molecule has 1 aromatic heterocycles.